The second-order valence-electron chi connectivity index (χ2n) is 3.05. The Labute approximate surface area is 93.1 Å². The summed E-state index contributed by atoms with van der Waals surface area (Å²) in [4.78, 5) is 0. The van der Waals surface area contributed by atoms with Crippen molar-refractivity contribution in [3.05, 3.63) is 0 Å². The van der Waals surface area contributed by atoms with Crippen molar-refractivity contribution in [1.29, 1.82) is 0 Å². The molecule has 0 bridgehead atoms. The van der Waals surface area contributed by atoms with Crippen molar-refractivity contribution in [3.8, 4) is 0 Å². The van der Waals surface area contributed by atoms with Gasteiger partial charge in [0.25, 0.3) is 0 Å². The molecule has 0 aliphatic carbocycles. The van der Waals surface area contributed by atoms with Crippen LogP contribution in [0.25, 0.3) is 0 Å². The van der Waals surface area contributed by atoms with Crippen LogP contribution in [0.3, 0.4) is 0 Å². The third-order valence-electron chi connectivity index (χ3n) is 0.664. The van der Waals surface area contributed by atoms with Gasteiger partial charge >= 0.3 is 0 Å². The summed E-state index contributed by atoms with van der Waals surface area (Å²) in [6.45, 7) is 5.95. The van der Waals surface area contributed by atoms with E-state index in [0.717, 1.165) is 5.75 Å². The lowest BCUT2D eigenvalue weighted by molar-refractivity contribution is 0.398. The van der Waals surface area contributed by atoms with Crippen LogP contribution in [0.2, 0.25) is 0 Å². The van der Waals surface area contributed by atoms with Gasteiger partial charge in [-0.25, -0.2) is 0 Å². The van der Waals surface area contributed by atoms with E-state index in [1.165, 1.54) is 0 Å². The predicted octanol–water partition coefficient (Wildman–Crippen LogP) is 4.89. The largest absolute Gasteiger partial charge is 0.331 e. The molecular formula is C6H13Cl2OPS2. The lowest BCUT2D eigenvalue weighted by Crippen LogP contribution is -2.05. The maximum absolute atomic E-state index is 5.44. The van der Waals surface area contributed by atoms with Gasteiger partial charge < -0.3 is 4.52 Å². The molecule has 1 nitrogen and oxygen atoms in total. The van der Waals surface area contributed by atoms with Crippen LogP contribution in [0, 0.1) is 0 Å². The van der Waals surface area contributed by atoms with Gasteiger partial charge in [0.1, 0.15) is 0 Å². The SMILES string of the molecule is CC(C)(C)SSCCOP(Cl)Cl. The zero-order valence-corrected chi connectivity index (χ0v) is 11.4. The molecule has 0 N–H and O–H groups in total. The fourth-order valence-corrected chi connectivity index (χ4v) is 3.23. The van der Waals surface area contributed by atoms with Crippen molar-refractivity contribution in [3.63, 3.8) is 0 Å². The molecule has 0 radical (unpaired) electrons. The average Bonchev–Trinajstić information content (AvgIpc) is 1.83. The number of rotatable bonds is 5. The van der Waals surface area contributed by atoms with E-state index >= 15 is 0 Å². The van der Waals surface area contributed by atoms with E-state index < -0.39 is 6.85 Å². The van der Waals surface area contributed by atoms with Crippen LogP contribution in [0.4, 0.5) is 0 Å². The van der Waals surface area contributed by atoms with Crippen LogP contribution < -0.4 is 0 Å². The second-order valence-corrected chi connectivity index (χ2v) is 9.32. The molecule has 0 atom stereocenters. The Morgan fingerprint density at radius 1 is 1.33 bits per heavy atom. The first-order chi connectivity index (χ1) is 5.42. The monoisotopic (exact) mass is 266 g/mol. The molecule has 12 heavy (non-hydrogen) atoms. The van der Waals surface area contributed by atoms with E-state index in [1.807, 2.05) is 10.8 Å². The summed E-state index contributed by atoms with van der Waals surface area (Å²) < 4.78 is 5.32. The number of halogens is 2. The minimum absolute atomic E-state index is 0.303. The summed E-state index contributed by atoms with van der Waals surface area (Å²) in [6, 6.07) is 0. The summed E-state index contributed by atoms with van der Waals surface area (Å²) in [6.07, 6.45) is 0. The smallest absolute Gasteiger partial charge is 0.225 e. The molecule has 0 spiro atoms. The Morgan fingerprint density at radius 3 is 2.33 bits per heavy atom. The Hall–Kier alpha value is 1.67. The molecule has 0 unspecified atom stereocenters. The van der Waals surface area contributed by atoms with Crippen molar-refractivity contribution in [2.75, 3.05) is 12.4 Å². The predicted molar refractivity (Wildman–Crippen MR) is 64.4 cm³/mol. The fourth-order valence-electron chi connectivity index (χ4n) is 0.359. The topological polar surface area (TPSA) is 9.23 Å². The Bertz CT molecular complexity index is 119. The summed E-state index contributed by atoms with van der Waals surface area (Å²) in [5, 5.41) is 0. The first-order valence-electron chi connectivity index (χ1n) is 3.47. The van der Waals surface area contributed by atoms with Crippen molar-refractivity contribution in [2.45, 2.75) is 25.5 Å². The van der Waals surface area contributed by atoms with E-state index in [2.05, 4.69) is 20.8 Å². The van der Waals surface area contributed by atoms with Crippen LogP contribution in [-0.4, -0.2) is 17.1 Å². The highest BCUT2D eigenvalue weighted by Gasteiger charge is 2.10. The highest BCUT2D eigenvalue weighted by Crippen LogP contribution is 2.47. The molecule has 0 rings (SSSR count). The molecule has 0 aliphatic heterocycles. The van der Waals surface area contributed by atoms with Gasteiger partial charge in [0.05, 0.1) is 6.61 Å². The van der Waals surface area contributed by atoms with Crippen LogP contribution in [0.15, 0.2) is 0 Å². The van der Waals surface area contributed by atoms with E-state index in [4.69, 9.17) is 27.0 Å². The Balaban J connectivity index is 3.12. The average molecular weight is 267 g/mol. The minimum Gasteiger partial charge on any atom is -0.331 e. The summed E-state index contributed by atoms with van der Waals surface area (Å²) >= 11 is 10.9. The van der Waals surface area contributed by atoms with Crippen molar-refractivity contribution in [1.82, 2.24) is 0 Å². The normalized spacial score (nSPS) is 12.5. The second kappa shape index (κ2) is 7.03. The minimum atomic E-state index is -1.22. The van der Waals surface area contributed by atoms with Gasteiger partial charge in [0.2, 0.25) is 6.85 Å². The van der Waals surface area contributed by atoms with Gasteiger partial charge in [-0.2, -0.15) is 0 Å². The first kappa shape index (κ1) is 13.7. The van der Waals surface area contributed by atoms with Gasteiger partial charge in [-0.05, 0) is 22.5 Å². The quantitative estimate of drug-likeness (QED) is 0.399. The molecule has 6 heteroatoms. The van der Waals surface area contributed by atoms with Crippen LogP contribution in [0.1, 0.15) is 20.8 Å². The van der Waals surface area contributed by atoms with Crippen molar-refractivity contribution in [2.24, 2.45) is 0 Å². The number of hydrogen-bond acceptors (Lipinski definition) is 3. The van der Waals surface area contributed by atoms with Gasteiger partial charge in [-0.15, -0.1) is 0 Å². The molecular weight excluding hydrogens is 254 g/mol. The Morgan fingerprint density at radius 2 is 1.92 bits per heavy atom. The molecule has 0 saturated heterocycles. The molecule has 0 aliphatic rings. The summed E-state index contributed by atoms with van der Waals surface area (Å²) in [5.74, 6) is 0.931. The van der Waals surface area contributed by atoms with Crippen molar-refractivity contribution >= 4 is 50.9 Å². The summed E-state index contributed by atoms with van der Waals surface area (Å²) in [7, 11) is 3.63. The van der Waals surface area contributed by atoms with Crippen LogP contribution in [-0.2, 0) is 4.52 Å². The van der Waals surface area contributed by atoms with E-state index in [-0.39, 0.29) is 0 Å². The Kier molecular flexibility index (Phi) is 8.01. The van der Waals surface area contributed by atoms with Gasteiger partial charge in [-0.1, -0.05) is 42.4 Å². The fraction of sp³-hybridized carbons (Fsp3) is 1.00. The highest BCUT2D eigenvalue weighted by molar-refractivity contribution is 8.77. The third-order valence-corrected chi connectivity index (χ3v) is 4.93. The maximum Gasteiger partial charge on any atom is 0.225 e. The molecule has 74 valence electrons. The van der Waals surface area contributed by atoms with Gasteiger partial charge in [0.15, 0.2) is 0 Å². The lowest BCUT2D eigenvalue weighted by Gasteiger charge is -2.15. The molecule has 0 saturated carbocycles. The molecule has 0 amide bonds. The third kappa shape index (κ3) is 11.7. The summed E-state index contributed by atoms with van der Waals surface area (Å²) in [5.41, 5.74) is 0. The molecule has 0 fully saturated rings. The molecule has 0 aromatic rings. The van der Waals surface area contributed by atoms with Gasteiger partial charge in [0, 0.05) is 10.5 Å². The molecule has 0 aromatic carbocycles. The maximum atomic E-state index is 5.44. The highest BCUT2D eigenvalue weighted by atomic mass is 35.9. The van der Waals surface area contributed by atoms with Crippen LogP contribution >= 0.6 is 50.9 Å². The van der Waals surface area contributed by atoms with Gasteiger partial charge in [-0.3, -0.25) is 0 Å². The van der Waals surface area contributed by atoms with E-state index in [9.17, 15) is 0 Å². The van der Waals surface area contributed by atoms with E-state index in [1.54, 1.807) is 10.8 Å². The zero-order valence-electron chi connectivity index (χ0n) is 7.34. The zero-order chi connectivity index (χ0) is 9.61. The number of hydrogen-bond donors (Lipinski definition) is 0. The van der Waals surface area contributed by atoms with Crippen LogP contribution in [0.5, 0.6) is 0 Å². The van der Waals surface area contributed by atoms with E-state index in [0.29, 0.717) is 11.4 Å². The first-order valence-corrected chi connectivity index (χ1v) is 8.86. The standard InChI is InChI=1S/C6H13Cl2OPS2/c1-6(2,3)12-11-5-4-9-10(7)8/h4-5H2,1-3H3. The molecule has 0 aromatic heterocycles. The van der Waals surface area contributed by atoms with Crippen molar-refractivity contribution < 1.29 is 4.52 Å². The lowest BCUT2D eigenvalue weighted by atomic mass is 10.3. The molecule has 0 heterocycles.